The van der Waals surface area contributed by atoms with E-state index in [1.807, 2.05) is 48.5 Å². The molecule has 0 N–H and O–H groups in total. The zero-order chi connectivity index (χ0) is 42.7. The van der Waals surface area contributed by atoms with Crippen LogP contribution in [0.25, 0.3) is 66.1 Å². The summed E-state index contributed by atoms with van der Waals surface area (Å²) in [6.45, 7) is 0. The van der Waals surface area contributed by atoms with Gasteiger partial charge < -0.3 is 9.13 Å². The van der Waals surface area contributed by atoms with E-state index in [0.29, 0.717) is 16.7 Å². The van der Waals surface area contributed by atoms with Gasteiger partial charge in [0.15, 0.2) is 0 Å². The molecule has 0 aliphatic heterocycles. The molecular formula is C59H33N5. The van der Waals surface area contributed by atoms with Crippen LogP contribution >= 0.6 is 0 Å². The van der Waals surface area contributed by atoms with Crippen LogP contribution in [0.3, 0.4) is 0 Å². The summed E-state index contributed by atoms with van der Waals surface area (Å²) in [6, 6.07) is 75.2. The van der Waals surface area contributed by atoms with E-state index in [-0.39, 0.29) is 5.92 Å². The van der Waals surface area contributed by atoms with E-state index in [2.05, 4.69) is 173 Å². The van der Waals surface area contributed by atoms with Gasteiger partial charge in [-0.1, -0.05) is 121 Å². The molecule has 0 spiro atoms. The van der Waals surface area contributed by atoms with Crippen molar-refractivity contribution < 1.29 is 0 Å². The van der Waals surface area contributed by atoms with Crippen molar-refractivity contribution in [2.24, 2.45) is 0 Å². The molecule has 3 aliphatic rings. The predicted molar refractivity (Wildman–Crippen MR) is 254 cm³/mol. The van der Waals surface area contributed by atoms with Gasteiger partial charge in [0.05, 0.1) is 62.4 Å². The van der Waals surface area contributed by atoms with Gasteiger partial charge in [0.1, 0.15) is 0 Å². The molecule has 0 radical (unpaired) electrons. The van der Waals surface area contributed by atoms with Crippen LogP contribution in [0.5, 0.6) is 0 Å². The van der Waals surface area contributed by atoms with Crippen LogP contribution in [0.1, 0.15) is 61.6 Å². The van der Waals surface area contributed by atoms with E-state index in [4.69, 9.17) is 0 Å². The molecule has 9 aromatic carbocycles. The lowest BCUT2D eigenvalue weighted by Crippen LogP contribution is -2.44. The van der Waals surface area contributed by atoms with Gasteiger partial charge in [-0.05, 0) is 123 Å². The number of hydrogen-bond acceptors (Lipinski definition) is 3. The minimum absolute atomic E-state index is 0.294. The number of rotatable bonds is 4. The fraction of sp³-hybridized carbons (Fsp3) is 0.0339. The van der Waals surface area contributed by atoms with E-state index in [1.165, 1.54) is 10.8 Å². The average molecular weight is 812 g/mol. The number of fused-ring (bicyclic) bond motifs is 7. The number of aromatic nitrogens is 2. The Kier molecular flexibility index (Phi) is 7.42. The third kappa shape index (κ3) is 4.58. The Morgan fingerprint density at radius 2 is 1.08 bits per heavy atom. The largest absolute Gasteiger partial charge is 0.307 e. The highest BCUT2D eigenvalue weighted by Gasteiger charge is 2.55. The molecule has 5 heteroatoms. The summed E-state index contributed by atoms with van der Waals surface area (Å²) in [7, 11) is 0. The van der Waals surface area contributed by atoms with Crippen molar-refractivity contribution in [1.29, 1.82) is 15.8 Å². The Morgan fingerprint density at radius 1 is 0.438 bits per heavy atom. The standard InChI is InChI=1S/C59H33N5/c60-33-36-23-27-50-49(29-36)54-46-21-12-13-39(35-62)56(46)59(50,40-14-4-1-5-15-40)51-31-37(34-61)30-47(55(51)54)38-24-28-53-48(32-38)45-26-25-44-43-20-10-11-22-52(43)63(41-16-6-2-7-17-41)57(44)58(45)64(53)42-18-8-3-9-19-42/h1-32,54H. The zero-order valence-electron chi connectivity index (χ0n) is 34.3. The first-order valence-electron chi connectivity index (χ1n) is 21.5. The second kappa shape index (κ2) is 13.3. The molecule has 294 valence electrons. The van der Waals surface area contributed by atoms with Crippen LogP contribution in [-0.2, 0) is 5.41 Å². The van der Waals surface area contributed by atoms with Crippen molar-refractivity contribution in [2.45, 2.75) is 11.3 Å². The monoisotopic (exact) mass is 811 g/mol. The Bertz CT molecular complexity index is 3930. The zero-order valence-corrected chi connectivity index (χ0v) is 34.3. The van der Waals surface area contributed by atoms with Crippen LogP contribution in [-0.4, -0.2) is 9.13 Å². The van der Waals surface area contributed by atoms with Gasteiger partial charge in [-0.3, -0.25) is 0 Å². The van der Waals surface area contributed by atoms with Crippen molar-refractivity contribution in [3.63, 3.8) is 0 Å². The molecule has 2 bridgehead atoms. The molecule has 0 saturated carbocycles. The lowest BCUT2D eigenvalue weighted by atomic mass is 9.49. The second-order valence-electron chi connectivity index (χ2n) is 16.9. The van der Waals surface area contributed by atoms with Gasteiger partial charge in [-0.25, -0.2) is 0 Å². The molecular weight excluding hydrogens is 779 g/mol. The van der Waals surface area contributed by atoms with Crippen LogP contribution in [0.15, 0.2) is 194 Å². The maximum Gasteiger partial charge on any atom is 0.0995 e. The van der Waals surface area contributed by atoms with Crippen LogP contribution in [0.4, 0.5) is 0 Å². The van der Waals surface area contributed by atoms with E-state index in [9.17, 15) is 15.8 Å². The molecule has 14 rings (SSSR count). The van der Waals surface area contributed by atoms with Gasteiger partial charge in [-0.15, -0.1) is 0 Å². The van der Waals surface area contributed by atoms with Crippen molar-refractivity contribution >= 4 is 43.6 Å². The number of benzene rings is 9. The van der Waals surface area contributed by atoms with Gasteiger partial charge in [0, 0.05) is 38.8 Å². The summed E-state index contributed by atoms with van der Waals surface area (Å²) < 4.78 is 4.81. The average Bonchev–Trinajstić information content (AvgIpc) is 3.89. The number of para-hydroxylation sites is 3. The molecule has 5 nitrogen and oxygen atoms in total. The lowest BCUT2D eigenvalue weighted by Gasteiger charge is -2.52. The van der Waals surface area contributed by atoms with E-state index in [0.717, 1.165) is 94.3 Å². The molecule has 2 unspecified atom stereocenters. The topological polar surface area (TPSA) is 81.2 Å². The fourth-order valence-corrected chi connectivity index (χ4v) is 11.6. The number of hydrogen-bond donors (Lipinski definition) is 0. The summed E-state index contributed by atoms with van der Waals surface area (Å²) in [5.74, 6) is -0.294. The van der Waals surface area contributed by atoms with Crippen molar-refractivity contribution in [1.82, 2.24) is 9.13 Å². The first-order chi connectivity index (χ1) is 31.6. The Morgan fingerprint density at radius 3 is 1.77 bits per heavy atom. The molecule has 3 aliphatic carbocycles. The third-order valence-electron chi connectivity index (χ3n) is 13.9. The van der Waals surface area contributed by atoms with Crippen molar-refractivity contribution in [3.05, 3.63) is 250 Å². The molecule has 0 amide bonds. The Hall–Kier alpha value is -8.95. The SMILES string of the molecule is N#Cc1ccc2c(c1)C1c3cccc(C#N)c3C2(c2ccccc2)c2cc(C#N)cc(-c3ccc4c(c3)c3ccc5c6ccccc6n(-c6ccccc6)c5c3n4-c3ccccc3)c21. The van der Waals surface area contributed by atoms with Gasteiger partial charge >= 0.3 is 0 Å². The first-order valence-corrected chi connectivity index (χ1v) is 21.5. The molecule has 0 saturated heterocycles. The highest BCUT2D eigenvalue weighted by molar-refractivity contribution is 6.24. The van der Waals surface area contributed by atoms with E-state index in [1.54, 1.807) is 0 Å². The lowest BCUT2D eigenvalue weighted by molar-refractivity contribution is 0.628. The summed E-state index contributed by atoms with van der Waals surface area (Å²) in [4.78, 5) is 0. The van der Waals surface area contributed by atoms with Gasteiger partial charge in [-0.2, -0.15) is 15.8 Å². The maximum absolute atomic E-state index is 10.9. The van der Waals surface area contributed by atoms with E-state index < -0.39 is 5.41 Å². The highest BCUT2D eigenvalue weighted by Crippen LogP contribution is 2.64. The minimum Gasteiger partial charge on any atom is -0.307 e. The number of nitrogens with zero attached hydrogens (tertiary/aromatic N) is 5. The summed E-state index contributed by atoms with van der Waals surface area (Å²) >= 11 is 0. The molecule has 0 fully saturated rings. The Labute approximate surface area is 368 Å². The highest BCUT2D eigenvalue weighted by atomic mass is 15.0. The minimum atomic E-state index is -0.929. The first kappa shape index (κ1) is 35.8. The van der Waals surface area contributed by atoms with Gasteiger partial charge in [0.2, 0.25) is 0 Å². The second-order valence-corrected chi connectivity index (χ2v) is 16.9. The van der Waals surface area contributed by atoms with Crippen LogP contribution < -0.4 is 0 Å². The molecule has 11 aromatic rings. The summed E-state index contributed by atoms with van der Waals surface area (Å²) in [5.41, 5.74) is 16.5. The molecule has 2 heterocycles. The van der Waals surface area contributed by atoms with E-state index >= 15 is 0 Å². The van der Waals surface area contributed by atoms with Crippen LogP contribution in [0.2, 0.25) is 0 Å². The fourth-order valence-electron chi connectivity index (χ4n) is 11.6. The smallest absolute Gasteiger partial charge is 0.0995 e. The summed E-state index contributed by atoms with van der Waals surface area (Å²) in [6.07, 6.45) is 0. The Balaban J connectivity index is 1.17. The third-order valence-corrected chi connectivity index (χ3v) is 13.9. The van der Waals surface area contributed by atoms with Crippen molar-refractivity contribution in [3.8, 4) is 40.7 Å². The number of nitriles is 3. The quantitative estimate of drug-likeness (QED) is 0.177. The van der Waals surface area contributed by atoms with Crippen LogP contribution in [0, 0.1) is 34.0 Å². The predicted octanol–water partition coefficient (Wildman–Crippen LogP) is 13.4. The molecule has 2 aromatic heterocycles. The van der Waals surface area contributed by atoms with Crippen molar-refractivity contribution in [2.75, 3.05) is 0 Å². The normalized spacial score (nSPS) is 15.7. The summed E-state index contributed by atoms with van der Waals surface area (Å²) in [5, 5.41) is 36.6. The molecule has 64 heavy (non-hydrogen) atoms. The molecule has 2 atom stereocenters. The van der Waals surface area contributed by atoms with Gasteiger partial charge in [0.25, 0.3) is 0 Å². The maximum atomic E-state index is 10.9.